The Morgan fingerprint density at radius 1 is 0.723 bits per heavy atom. The number of carbonyl (C=O) groups is 1. The Morgan fingerprint density at radius 3 is 1.98 bits per heavy atom. The second-order valence-corrected chi connectivity index (χ2v) is 13.5. The minimum Gasteiger partial charge on any atom is -0.306 e. The maximum Gasteiger partial charge on any atom is 0.416 e. The van der Waals surface area contributed by atoms with Crippen molar-refractivity contribution in [3.63, 3.8) is 0 Å². The van der Waals surface area contributed by atoms with E-state index in [0.717, 1.165) is 39.5 Å². The van der Waals surface area contributed by atoms with Gasteiger partial charge in [0.05, 0.1) is 17.0 Å². The Labute approximate surface area is 270 Å². The van der Waals surface area contributed by atoms with Crippen LogP contribution in [0.25, 0.3) is 22.3 Å². The van der Waals surface area contributed by atoms with Gasteiger partial charge in [0.15, 0.2) is 5.78 Å². The Kier molecular flexibility index (Phi) is 8.98. The number of halogens is 3. The Hall–Kier alpha value is -4.80. The van der Waals surface area contributed by atoms with Crippen LogP contribution < -0.4 is 5.56 Å². The van der Waals surface area contributed by atoms with Gasteiger partial charge in [-0.2, -0.15) is 17.5 Å². The van der Waals surface area contributed by atoms with Crippen LogP contribution >= 0.6 is 0 Å². The van der Waals surface area contributed by atoms with Crippen LogP contribution in [-0.2, 0) is 22.7 Å². The van der Waals surface area contributed by atoms with Crippen LogP contribution in [0.1, 0.15) is 40.2 Å². The van der Waals surface area contributed by atoms with Gasteiger partial charge in [-0.25, -0.2) is 8.42 Å². The lowest BCUT2D eigenvalue weighted by Crippen LogP contribution is -2.38. The number of rotatable bonds is 8. The normalized spacial score (nSPS) is 14.6. The molecule has 0 bridgehead atoms. The highest BCUT2D eigenvalue weighted by Gasteiger charge is 2.31. The number of benzene rings is 4. The van der Waals surface area contributed by atoms with Crippen LogP contribution in [0.3, 0.4) is 0 Å². The number of hydrogen-bond acceptors (Lipinski definition) is 4. The Bertz CT molecular complexity index is 2050. The minimum absolute atomic E-state index is 0.0736. The molecule has 47 heavy (non-hydrogen) atoms. The first kappa shape index (κ1) is 32.2. The highest BCUT2D eigenvalue weighted by Crippen LogP contribution is 2.33. The summed E-state index contributed by atoms with van der Waals surface area (Å²) in [5, 5.41) is 0. The van der Waals surface area contributed by atoms with E-state index in [4.69, 9.17) is 0 Å². The van der Waals surface area contributed by atoms with Crippen LogP contribution in [0.4, 0.5) is 13.2 Å². The topological polar surface area (TPSA) is 76.5 Å². The molecule has 1 fully saturated rings. The summed E-state index contributed by atoms with van der Waals surface area (Å²) in [6.45, 7) is 0.250. The van der Waals surface area contributed by atoms with Crippen LogP contribution in [0.5, 0.6) is 0 Å². The molecule has 0 saturated carbocycles. The average Bonchev–Trinajstić information content (AvgIpc) is 3.09. The zero-order valence-electron chi connectivity index (χ0n) is 25.2. The lowest BCUT2D eigenvalue weighted by atomic mass is 9.89. The summed E-state index contributed by atoms with van der Waals surface area (Å²) in [6.07, 6.45) is -1.98. The van der Waals surface area contributed by atoms with Gasteiger partial charge in [0.1, 0.15) is 0 Å². The van der Waals surface area contributed by atoms with Gasteiger partial charge < -0.3 is 4.57 Å². The minimum atomic E-state index is -4.48. The van der Waals surface area contributed by atoms with Gasteiger partial charge in [-0.05, 0) is 64.8 Å². The molecular formula is C37H31F3N2O4S. The van der Waals surface area contributed by atoms with E-state index in [-0.39, 0.29) is 16.4 Å². The van der Waals surface area contributed by atoms with Crippen LogP contribution in [-0.4, -0.2) is 36.2 Å². The summed E-state index contributed by atoms with van der Waals surface area (Å²) in [5.41, 5.74) is 3.18. The molecule has 0 spiro atoms. The summed E-state index contributed by atoms with van der Waals surface area (Å²) in [4.78, 5) is 25.6. The third kappa shape index (κ3) is 7.13. The van der Waals surface area contributed by atoms with E-state index in [0.29, 0.717) is 37.1 Å². The number of sulfonamides is 1. The number of carbonyl (C=O) groups excluding carboxylic acids is 1. The number of ketones is 1. The molecule has 0 N–H and O–H groups in total. The van der Waals surface area contributed by atoms with Crippen molar-refractivity contribution in [3.05, 3.63) is 149 Å². The number of piperidine rings is 1. The highest BCUT2D eigenvalue weighted by molar-refractivity contribution is 7.89. The van der Waals surface area contributed by atoms with Crippen LogP contribution in [0, 0.1) is 0 Å². The molecule has 6 nitrogen and oxygen atoms in total. The largest absolute Gasteiger partial charge is 0.416 e. The number of nitrogens with zero attached hydrogens (tertiary/aromatic N) is 2. The van der Waals surface area contributed by atoms with E-state index in [1.807, 2.05) is 18.2 Å². The molecule has 0 unspecified atom stereocenters. The average molecular weight is 657 g/mol. The van der Waals surface area contributed by atoms with Crippen molar-refractivity contribution in [2.45, 2.75) is 36.4 Å². The van der Waals surface area contributed by atoms with Gasteiger partial charge in [-0.15, -0.1) is 0 Å². The van der Waals surface area contributed by atoms with Gasteiger partial charge >= 0.3 is 6.18 Å². The zero-order valence-corrected chi connectivity index (χ0v) is 26.0. The zero-order chi connectivity index (χ0) is 33.2. The predicted octanol–water partition coefficient (Wildman–Crippen LogP) is 7.65. The molecule has 240 valence electrons. The summed E-state index contributed by atoms with van der Waals surface area (Å²) < 4.78 is 69.0. The van der Waals surface area contributed by atoms with Gasteiger partial charge in [0, 0.05) is 30.9 Å². The number of aromatic nitrogens is 1. The maximum absolute atomic E-state index is 13.6. The SMILES string of the molecule is O=C(Cn1cc(S(=O)(=O)N2CCC(c3ccc(-c4ccccc4)cc3)CC2)ccc1=O)c1ccc(-c2cccc(C(F)(F)F)c2)cc1. The summed E-state index contributed by atoms with van der Waals surface area (Å²) >= 11 is 0. The van der Waals surface area contributed by atoms with Gasteiger partial charge in [0.25, 0.3) is 5.56 Å². The first-order valence-corrected chi connectivity index (χ1v) is 16.6. The Morgan fingerprint density at radius 2 is 1.32 bits per heavy atom. The summed E-state index contributed by atoms with van der Waals surface area (Å²) in [6, 6.07) is 31.8. The summed E-state index contributed by atoms with van der Waals surface area (Å²) in [5.74, 6) is -0.228. The third-order valence-corrected chi connectivity index (χ3v) is 10.5. The lowest BCUT2D eigenvalue weighted by Gasteiger charge is -2.31. The van der Waals surface area contributed by atoms with E-state index >= 15 is 0 Å². The van der Waals surface area contributed by atoms with Crippen molar-refractivity contribution in [2.24, 2.45) is 0 Å². The van der Waals surface area contributed by atoms with Gasteiger partial charge in [-0.1, -0.05) is 91.0 Å². The van der Waals surface area contributed by atoms with Crippen molar-refractivity contribution in [3.8, 4) is 22.3 Å². The second kappa shape index (κ2) is 13.1. The molecule has 0 amide bonds. The fraction of sp³-hybridized carbons (Fsp3) is 0.189. The fourth-order valence-corrected chi connectivity index (χ4v) is 7.40. The highest BCUT2D eigenvalue weighted by atomic mass is 32.2. The number of Topliss-reactive ketones (excluding diaryl/α,β-unsaturated/α-hetero) is 1. The van der Waals surface area contributed by atoms with E-state index in [9.17, 15) is 31.2 Å². The van der Waals surface area contributed by atoms with Crippen molar-refractivity contribution in [1.82, 2.24) is 8.87 Å². The first-order valence-electron chi connectivity index (χ1n) is 15.2. The Balaban J connectivity index is 1.11. The molecule has 2 heterocycles. The fourth-order valence-electron chi connectivity index (χ4n) is 5.91. The molecule has 0 radical (unpaired) electrons. The third-order valence-electron chi connectivity index (χ3n) is 8.58. The van der Waals surface area contributed by atoms with E-state index < -0.39 is 39.7 Å². The molecule has 6 rings (SSSR count). The lowest BCUT2D eigenvalue weighted by molar-refractivity contribution is -0.137. The molecule has 5 aromatic rings. The monoisotopic (exact) mass is 656 g/mol. The maximum atomic E-state index is 13.6. The van der Waals surface area contributed by atoms with Crippen molar-refractivity contribution < 1.29 is 26.4 Å². The molecular weight excluding hydrogens is 625 g/mol. The molecule has 1 aromatic heterocycles. The summed E-state index contributed by atoms with van der Waals surface area (Å²) in [7, 11) is -3.92. The molecule has 1 aliphatic rings. The first-order chi connectivity index (χ1) is 22.5. The number of hydrogen-bond donors (Lipinski definition) is 0. The number of pyridine rings is 1. The quantitative estimate of drug-likeness (QED) is 0.161. The smallest absolute Gasteiger partial charge is 0.306 e. The van der Waals surface area contributed by atoms with Gasteiger partial charge in [0.2, 0.25) is 10.0 Å². The number of alkyl halides is 3. The van der Waals surface area contributed by atoms with Crippen molar-refractivity contribution in [1.29, 1.82) is 0 Å². The standard InChI is InChI=1S/C37H31F3N2O4S/c38-37(39,40)33-8-4-7-32(23-33)29-13-15-31(16-14-29)35(43)25-41-24-34(17-18-36(41)44)47(45,46)42-21-19-30(20-22-42)28-11-9-27(10-12-28)26-5-2-1-3-6-26/h1-18,23-24,30H,19-22,25H2. The van der Waals surface area contributed by atoms with E-state index in [1.54, 1.807) is 6.07 Å². The molecule has 0 atom stereocenters. The van der Waals surface area contributed by atoms with E-state index in [1.165, 1.54) is 46.9 Å². The van der Waals surface area contributed by atoms with Gasteiger partial charge in [-0.3, -0.25) is 9.59 Å². The van der Waals surface area contributed by atoms with E-state index in [2.05, 4.69) is 36.4 Å². The molecule has 10 heteroatoms. The van der Waals surface area contributed by atoms with Crippen LogP contribution in [0.15, 0.2) is 131 Å². The molecule has 0 aliphatic carbocycles. The second-order valence-electron chi connectivity index (χ2n) is 11.6. The van der Waals surface area contributed by atoms with Crippen LogP contribution in [0.2, 0.25) is 0 Å². The molecule has 4 aromatic carbocycles. The molecule has 1 saturated heterocycles. The van der Waals surface area contributed by atoms with Crippen molar-refractivity contribution >= 4 is 15.8 Å². The van der Waals surface area contributed by atoms with Crippen molar-refractivity contribution in [2.75, 3.05) is 13.1 Å². The predicted molar refractivity (Wildman–Crippen MR) is 175 cm³/mol. The molecule has 1 aliphatic heterocycles.